The lowest BCUT2D eigenvalue weighted by Gasteiger charge is -2.13. The summed E-state index contributed by atoms with van der Waals surface area (Å²) in [5, 5.41) is 4.38. The SMILES string of the molecule is NC[C@H]1CC[C@@H](C(=O)NCC(=O)Nc2ccc(F)c(F)c2F)O1. The summed E-state index contributed by atoms with van der Waals surface area (Å²) in [5.74, 6) is -5.81. The second-order valence-corrected chi connectivity index (χ2v) is 5.05. The molecule has 0 aromatic heterocycles. The van der Waals surface area contributed by atoms with Crippen LogP contribution in [-0.2, 0) is 14.3 Å². The van der Waals surface area contributed by atoms with Crippen LogP contribution >= 0.6 is 0 Å². The normalized spacial score (nSPS) is 20.3. The Hall–Kier alpha value is -2.13. The zero-order valence-corrected chi connectivity index (χ0v) is 12.1. The maximum atomic E-state index is 13.4. The lowest BCUT2D eigenvalue weighted by atomic mass is 10.2. The molecule has 0 unspecified atom stereocenters. The number of carbonyl (C=O) groups excluding carboxylic acids is 2. The van der Waals surface area contributed by atoms with E-state index >= 15 is 0 Å². The molecule has 23 heavy (non-hydrogen) atoms. The van der Waals surface area contributed by atoms with Crippen molar-refractivity contribution in [3.63, 3.8) is 0 Å². The second kappa shape index (κ2) is 7.42. The number of rotatable bonds is 5. The molecule has 4 N–H and O–H groups in total. The lowest BCUT2D eigenvalue weighted by Crippen LogP contribution is -2.39. The van der Waals surface area contributed by atoms with Crippen molar-refractivity contribution in [1.82, 2.24) is 5.32 Å². The topological polar surface area (TPSA) is 93.5 Å². The Morgan fingerprint density at radius 3 is 2.61 bits per heavy atom. The molecule has 0 radical (unpaired) electrons. The molecule has 2 amide bonds. The number of hydrogen-bond acceptors (Lipinski definition) is 4. The van der Waals surface area contributed by atoms with Gasteiger partial charge in [-0.2, -0.15) is 0 Å². The van der Waals surface area contributed by atoms with Crippen LogP contribution in [0.2, 0.25) is 0 Å². The first kappa shape index (κ1) is 17.2. The molecule has 1 aromatic carbocycles. The predicted octanol–water partition coefficient (Wildman–Crippen LogP) is 0.665. The van der Waals surface area contributed by atoms with E-state index < -0.39 is 47.6 Å². The molecule has 6 nitrogen and oxygen atoms in total. The van der Waals surface area contributed by atoms with Gasteiger partial charge in [-0.3, -0.25) is 9.59 Å². The number of carbonyl (C=O) groups is 2. The van der Waals surface area contributed by atoms with E-state index in [4.69, 9.17) is 10.5 Å². The number of amides is 2. The Kier molecular flexibility index (Phi) is 5.56. The predicted molar refractivity (Wildman–Crippen MR) is 74.9 cm³/mol. The Labute approximate surface area is 130 Å². The van der Waals surface area contributed by atoms with Gasteiger partial charge in [-0.15, -0.1) is 0 Å². The maximum absolute atomic E-state index is 13.4. The smallest absolute Gasteiger partial charge is 0.249 e. The summed E-state index contributed by atoms with van der Waals surface area (Å²) in [7, 11) is 0. The summed E-state index contributed by atoms with van der Waals surface area (Å²) >= 11 is 0. The van der Waals surface area contributed by atoms with Gasteiger partial charge in [0.05, 0.1) is 18.3 Å². The molecule has 1 aliphatic heterocycles. The van der Waals surface area contributed by atoms with E-state index in [9.17, 15) is 22.8 Å². The van der Waals surface area contributed by atoms with Gasteiger partial charge in [0.15, 0.2) is 17.5 Å². The molecular formula is C14H16F3N3O3. The Morgan fingerprint density at radius 1 is 1.22 bits per heavy atom. The van der Waals surface area contributed by atoms with Crippen LogP contribution in [0.15, 0.2) is 12.1 Å². The van der Waals surface area contributed by atoms with Gasteiger partial charge < -0.3 is 21.1 Å². The van der Waals surface area contributed by atoms with Gasteiger partial charge in [0.1, 0.15) is 6.10 Å². The van der Waals surface area contributed by atoms with E-state index in [-0.39, 0.29) is 6.10 Å². The summed E-state index contributed by atoms with van der Waals surface area (Å²) in [6, 6.07) is 1.57. The van der Waals surface area contributed by atoms with Crippen molar-refractivity contribution in [1.29, 1.82) is 0 Å². The maximum Gasteiger partial charge on any atom is 0.249 e. The largest absolute Gasteiger partial charge is 0.364 e. The van der Waals surface area contributed by atoms with E-state index in [2.05, 4.69) is 5.32 Å². The third kappa shape index (κ3) is 4.20. The van der Waals surface area contributed by atoms with Crippen molar-refractivity contribution in [3.8, 4) is 0 Å². The molecule has 1 aliphatic rings. The van der Waals surface area contributed by atoms with Gasteiger partial charge in [-0.1, -0.05) is 0 Å². The minimum atomic E-state index is -1.68. The number of ether oxygens (including phenoxy) is 1. The van der Waals surface area contributed by atoms with E-state index in [1.807, 2.05) is 5.32 Å². The van der Waals surface area contributed by atoms with E-state index in [0.717, 1.165) is 6.07 Å². The molecule has 9 heteroatoms. The minimum absolute atomic E-state index is 0.184. The fourth-order valence-corrected chi connectivity index (χ4v) is 2.17. The first-order chi connectivity index (χ1) is 10.9. The molecule has 2 rings (SSSR count). The molecule has 1 aromatic rings. The standard InChI is InChI=1S/C14H16F3N3O3/c15-8-2-3-9(13(17)12(8)16)20-11(21)6-19-14(22)10-4-1-7(5-18)23-10/h2-3,7,10H,1,4-6,18H2,(H,19,22)(H,20,21)/t7-,10+/m1/s1. The molecule has 0 aliphatic carbocycles. The molecule has 1 saturated heterocycles. The summed E-state index contributed by atoms with van der Waals surface area (Å²) in [5.41, 5.74) is 4.92. The molecular weight excluding hydrogens is 315 g/mol. The van der Waals surface area contributed by atoms with Crippen LogP contribution in [0.4, 0.5) is 18.9 Å². The Balaban J connectivity index is 1.84. The second-order valence-electron chi connectivity index (χ2n) is 5.05. The fourth-order valence-electron chi connectivity index (χ4n) is 2.17. The Morgan fingerprint density at radius 2 is 1.96 bits per heavy atom. The van der Waals surface area contributed by atoms with Crippen LogP contribution in [0.25, 0.3) is 0 Å². The van der Waals surface area contributed by atoms with Crippen molar-refractivity contribution in [2.24, 2.45) is 5.73 Å². The van der Waals surface area contributed by atoms with Crippen LogP contribution in [0.1, 0.15) is 12.8 Å². The highest BCUT2D eigenvalue weighted by molar-refractivity contribution is 5.95. The van der Waals surface area contributed by atoms with Crippen LogP contribution in [-0.4, -0.2) is 37.1 Å². The van der Waals surface area contributed by atoms with Gasteiger partial charge in [0, 0.05) is 6.54 Å². The fraction of sp³-hybridized carbons (Fsp3) is 0.429. The van der Waals surface area contributed by atoms with Gasteiger partial charge in [0.2, 0.25) is 11.8 Å². The molecule has 2 atom stereocenters. The number of benzene rings is 1. The highest BCUT2D eigenvalue weighted by atomic mass is 19.2. The summed E-state index contributed by atoms with van der Waals surface area (Å²) in [6.07, 6.45) is 0.278. The van der Waals surface area contributed by atoms with Crippen LogP contribution < -0.4 is 16.4 Å². The lowest BCUT2D eigenvalue weighted by molar-refractivity contribution is -0.133. The third-order valence-electron chi connectivity index (χ3n) is 3.40. The van der Waals surface area contributed by atoms with E-state index in [1.54, 1.807) is 0 Å². The summed E-state index contributed by atoms with van der Waals surface area (Å²) in [4.78, 5) is 23.4. The number of hydrogen-bond donors (Lipinski definition) is 3. The van der Waals surface area contributed by atoms with Crippen molar-refractivity contribution >= 4 is 17.5 Å². The molecule has 0 spiro atoms. The average Bonchev–Trinajstić information content (AvgIpc) is 3.02. The quantitative estimate of drug-likeness (QED) is 0.691. The van der Waals surface area contributed by atoms with E-state index in [1.165, 1.54) is 0 Å². The number of halogens is 3. The minimum Gasteiger partial charge on any atom is -0.364 e. The first-order valence-electron chi connectivity index (χ1n) is 6.99. The van der Waals surface area contributed by atoms with Crippen LogP contribution in [0.5, 0.6) is 0 Å². The highest BCUT2D eigenvalue weighted by Crippen LogP contribution is 2.20. The number of nitrogens with one attached hydrogen (secondary N) is 2. The molecule has 1 heterocycles. The average molecular weight is 331 g/mol. The van der Waals surface area contributed by atoms with Crippen molar-refractivity contribution in [2.75, 3.05) is 18.4 Å². The van der Waals surface area contributed by atoms with Gasteiger partial charge in [-0.25, -0.2) is 13.2 Å². The monoisotopic (exact) mass is 331 g/mol. The zero-order valence-electron chi connectivity index (χ0n) is 12.1. The van der Waals surface area contributed by atoms with Crippen molar-refractivity contribution in [2.45, 2.75) is 25.0 Å². The summed E-state index contributed by atoms with van der Waals surface area (Å²) in [6.45, 7) is -0.149. The van der Waals surface area contributed by atoms with Gasteiger partial charge >= 0.3 is 0 Å². The van der Waals surface area contributed by atoms with Crippen LogP contribution in [0, 0.1) is 17.5 Å². The molecule has 0 saturated carbocycles. The summed E-state index contributed by atoms with van der Waals surface area (Å²) < 4.78 is 44.6. The molecule has 0 bridgehead atoms. The van der Waals surface area contributed by atoms with Crippen molar-refractivity contribution in [3.05, 3.63) is 29.6 Å². The van der Waals surface area contributed by atoms with Gasteiger partial charge in [0.25, 0.3) is 0 Å². The molecule has 126 valence electrons. The highest BCUT2D eigenvalue weighted by Gasteiger charge is 2.29. The molecule has 1 fully saturated rings. The number of anilines is 1. The first-order valence-corrected chi connectivity index (χ1v) is 6.99. The Bertz CT molecular complexity index is 612. The van der Waals surface area contributed by atoms with Gasteiger partial charge in [-0.05, 0) is 25.0 Å². The van der Waals surface area contributed by atoms with Crippen LogP contribution in [0.3, 0.4) is 0 Å². The van der Waals surface area contributed by atoms with E-state index in [0.29, 0.717) is 25.5 Å². The third-order valence-corrected chi connectivity index (χ3v) is 3.40. The van der Waals surface area contributed by atoms with Crippen molar-refractivity contribution < 1.29 is 27.5 Å². The number of nitrogens with two attached hydrogens (primary N) is 1. The zero-order chi connectivity index (χ0) is 17.0.